The Hall–Kier alpha value is -1.15. The summed E-state index contributed by atoms with van der Waals surface area (Å²) in [4.78, 5) is 15.4. The molecule has 0 aliphatic heterocycles. The molecule has 0 saturated carbocycles. The minimum Gasteiger partial charge on any atom is -0.272 e. The van der Waals surface area contributed by atoms with Crippen LogP contribution in [0.15, 0.2) is 29.3 Å². The molecule has 2 nitrogen and oxygen atoms in total. The van der Waals surface area contributed by atoms with Crippen molar-refractivity contribution in [1.82, 2.24) is 0 Å². The van der Waals surface area contributed by atoms with Crippen LogP contribution >= 0.6 is 11.6 Å². The van der Waals surface area contributed by atoms with Crippen molar-refractivity contribution in [2.24, 2.45) is 10.4 Å². The van der Waals surface area contributed by atoms with Crippen LogP contribution in [0.1, 0.15) is 26.3 Å². The van der Waals surface area contributed by atoms with E-state index in [1.165, 1.54) is 0 Å². The highest BCUT2D eigenvalue weighted by atomic mass is 35.5. The van der Waals surface area contributed by atoms with E-state index in [-0.39, 0.29) is 5.91 Å². The highest BCUT2D eigenvalue weighted by Gasteiger charge is 2.19. The lowest BCUT2D eigenvalue weighted by Crippen LogP contribution is -2.17. The summed E-state index contributed by atoms with van der Waals surface area (Å²) in [6, 6.07) is 7.22. The lowest BCUT2D eigenvalue weighted by molar-refractivity contribution is -0.124. The smallest absolute Gasteiger partial charge is 0.251 e. The topological polar surface area (TPSA) is 29.4 Å². The van der Waals surface area contributed by atoms with Crippen molar-refractivity contribution in [3.63, 3.8) is 0 Å². The Morgan fingerprint density at radius 3 is 2.60 bits per heavy atom. The molecule has 0 heterocycles. The molecule has 1 aromatic rings. The SMILES string of the molecule is CC(C)(C)C(=O)/N=C/c1cccc(Cl)c1. The Morgan fingerprint density at radius 1 is 1.40 bits per heavy atom. The monoisotopic (exact) mass is 223 g/mol. The van der Waals surface area contributed by atoms with Gasteiger partial charge in [0, 0.05) is 16.7 Å². The van der Waals surface area contributed by atoms with E-state index < -0.39 is 5.41 Å². The molecule has 0 aliphatic rings. The van der Waals surface area contributed by atoms with Gasteiger partial charge in [-0.15, -0.1) is 0 Å². The van der Waals surface area contributed by atoms with E-state index in [4.69, 9.17) is 11.6 Å². The number of nitrogens with zero attached hydrogens (tertiary/aromatic N) is 1. The van der Waals surface area contributed by atoms with Crippen LogP contribution in [0.2, 0.25) is 5.02 Å². The quantitative estimate of drug-likeness (QED) is 0.672. The van der Waals surface area contributed by atoms with E-state index in [0.29, 0.717) is 5.02 Å². The van der Waals surface area contributed by atoms with Crippen LogP contribution in [-0.2, 0) is 4.79 Å². The van der Waals surface area contributed by atoms with Gasteiger partial charge in [0.05, 0.1) is 0 Å². The van der Waals surface area contributed by atoms with Crippen LogP contribution in [0.4, 0.5) is 0 Å². The van der Waals surface area contributed by atoms with E-state index in [9.17, 15) is 4.79 Å². The van der Waals surface area contributed by atoms with Crippen LogP contribution in [0, 0.1) is 5.41 Å². The van der Waals surface area contributed by atoms with Gasteiger partial charge in [0.2, 0.25) is 0 Å². The summed E-state index contributed by atoms with van der Waals surface area (Å²) in [6.07, 6.45) is 1.54. The average Bonchev–Trinajstić information content (AvgIpc) is 2.12. The number of benzene rings is 1. The first-order chi connectivity index (χ1) is 6.89. The number of carbonyl (C=O) groups is 1. The molecule has 3 heteroatoms. The zero-order valence-electron chi connectivity index (χ0n) is 9.12. The normalized spacial score (nSPS) is 12.0. The van der Waals surface area contributed by atoms with Gasteiger partial charge in [0.15, 0.2) is 0 Å². The van der Waals surface area contributed by atoms with Gasteiger partial charge in [-0.25, -0.2) is 4.99 Å². The van der Waals surface area contributed by atoms with Gasteiger partial charge in [-0.2, -0.15) is 0 Å². The third-order valence-corrected chi connectivity index (χ3v) is 2.06. The minimum atomic E-state index is -0.435. The van der Waals surface area contributed by atoms with Crippen molar-refractivity contribution in [2.75, 3.05) is 0 Å². The molecular weight excluding hydrogens is 210 g/mol. The predicted molar refractivity (Wildman–Crippen MR) is 63.5 cm³/mol. The zero-order valence-corrected chi connectivity index (χ0v) is 9.88. The number of hydrogen-bond acceptors (Lipinski definition) is 1. The molecule has 0 aliphatic carbocycles. The van der Waals surface area contributed by atoms with Crippen molar-refractivity contribution < 1.29 is 4.79 Å². The maximum atomic E-state index is 11.5. The fourth-order valence-corrected chi connectivity index (χ4v) is 1.11. The molecule has 0 saturated heterocycles. The number of rotatable bonds is 1. The van der Waals surface area contributed by atoms with Crippen LogP contribution in [0.3, 0.4) is 0 Å². The molecule has 0 unspecified atom stereocenters. The molecule has 0 fully saturated rings. The van der Waals surface area contributed by atoms with Crippen LogP contribution in [0.5, 0.6) is 0 Å². The van der Waals surface area contributed by atoms with Crippen LogP contribution in [0.25, 0.3) is 0 Å². The second kappa shape index (κ2) is 4.58. The molecule has 0 aromatic heterocycles. The lowest BCUT2D eigenvalue weighted by Gasteiger charge is -2.11. The van der Waals surface area contributed by atoms with Crippen molar-refractivity contribution in [3.05, 3.63) is 34.9 Å². The van der Waals surface area contributed by atoms with Gasteiger partial charge >= 0.3 is 0 Å². The molecule has 1 aromatic carbocycles. The third kappa shape index (κ3) is 3.84. The van der Waals surface area contributed by atoms with Gasteiger partial charge in [-0.3, -0.25) is 4.79 Å². The first-order valence-electron chi connectivity index (χ1n) is 4.73. The second-order valence-corrected chi connectivity index (χ2v) is 4.80. The minimum absolute atomic E-state index is 0.137. The standard InChI is InChI=1S/C12H14ClNO/c1-12(2,3)11(15)14-8-9-5-4-6-10(13)7-9/h4-8H,1-3H3/b14-8+. The summed E-state index contributed by atoms with van der Waals surface area (Å²) in [5.74, 6) is -0.137. The largest absolute Gasteiger partial charge is 0.272 e. The Balaban J connectivity index is 2.79. The average molecular weight is 224 g/mol. The van der Waals surface area contributed by atoms with Crippen molar-refractivity contribution in [3.8, 4) is 0 Å². The van der Waals surface area contributed by atoms with Crippen molar-refractivity contribution in [1.29, 1.82) is 0 Å². The Bertz CT molecular complexity index is 391. The summed E-state index contributed by atoms with van der Waals surface area (Å²) in [7, 11) is 0. The zero-order chi connectivity index (χ0) is 11.5. The van der Waals surface area contributed by atoms with Crippen LogP contribution in [-0.4, -0.2) is 12.1 Å². The van der Waals surface area contributed by atoms with Gasteiger partial charge in [-0.1, -0.05) is 44.5 Å². The summed E-state index contributed by atoms with van der Waals surface area (Å²) < 4.78 is 0. The molecule has 0 atom stereocenters. The number of hydrogen-bond donors (Lipinski definition) is 0. The molecule has 1 rings (SSSR count). The predicted octanol–water partition coefficient (Wildman–Crippen LogP) is 3.33. The van der Waals surface area contributed by atoms with Gasteiger partial charge in [0.1, 0.15) is 0 Å². The number of carbonyl (C=O) groups excluding carboxylic acids is 1. The molecule has 0 radical (unpaired) electrons. The van der Waals surface area contributed by atoms with Gasteiger partial charge < -0.3 is 0 Å². The Morgan fingerprint density at radius 2 is 2.07 bits per heavy atom. The van der Waals surface area contributed by atoms with E-state index in [1.54, 1.807) is 18.3 Å². The highest BCUT2D eigenvalue weighted by Crippen LogP contribution is 2.15. The van der Waals surface area contributed by atoms with Crippen molar-refractivity contribution >= 4 is 23.7 Å². The second-order valence-electron chi connectivity index (χ2n) is 4.37. The summed E-state index contributed by atoms with van der Waals surface area (Å²) in [5, 5.41) is 0.641. The highest BCUT2D eigenvalue weighted by molar-refractivity contribution is 6.30. The maximum Gasteiger partial charge on any atom is 0.251 e. The fourth-order valence-electron chi connectivity index (χ4n) is 0.914. The summed E-state index contributed by atoms with van der Waals surface area (Å²) >= 11 is 5.80. The van der Waals surface area contributed by atoms with E-state index in [2.05, 4.69) is 4.99 Å². The number of amides is 1. The summed E-state index contributed by atoms with van der Waals surface area (Å²) in [6.45, 7) is 5.51. The fraction of sp³-hybridized carbons (Fsp3) is 0.333. The lowest BCUT2D eigenvalue weighted by atomic mass is 9.96. The molecule has 80 valence electrons. The number of aliphatic imine (C=N–C) groups is 1. The Labute approximate surface area is 95.0 Å². The van der Waals surface area contributed by atoms with E-state index in [0.717, 1.165) is 5.56 Å². The van der Waals surface area contributed by atoms with Crippen molar-refractivity contribution in [2.45, 2.75) is 20.8 Å². The molecule has 0 spiro atoms. The maximum absolute atomic E-state index is 11.5. The third-order valence-electron chi connectivity index (χ3n) is 1.82. The van der Waals surface area contributed by atoms with Crippen LogP contribution < -0.4 is 0 Å². The first kappa shape index (κ1) is 11.9. The van der Waals surface area contributed by atoms with E-state index >= 15 is 0 Å². The molecule has 0 N–H and O–H groups in total. The molecule has 1 amide bonds. The van der Waals surface area contributed by atoms with Gasteiger partial charge in [-0.05, 0) is 17.7 Å². The van der Waals surface area contributed by atoms with Gasteiger partial charge in [0.25, 0.3) is 5.91 Å². The Kier molecular flexibility index (Phi) is 3.64. The van der Waals surface area contributed by atoms with E-state index in [1.807, 2.05) is 32.9 Å². The summed E-state index contributed by atoms with van der Waals surface area (Å²) in [5.41, 5.74) is 0.398. The molecule has 15 heavy (non-hydrogen) atoms. The molecular formula is C12H14ClNO. The number of halogens is 1. The molecule has 0 bridgehead atoms. The first-order valence-corrected chi connectivity index (χ1v) is 5.11.